The number of likely N-dealkylation sites (tertiary alicyclic amines) is 1. The fourth-order valence-corrected chi connectivity index (χ4v) is 3.23. The summed E-state index contributed by atoms with van der Waals surface area (Å²) in [6.45, 7) is 5.33. The maximum absolute atomic E-state index is 11.6. The first-order chi connectivity index (χ1) is 7.70. The van der Waals surface area contributed by atoms with Gasteiger partial charge >= 0.3 is 5.97 Å². The van der Waals surface area contributed by atoms with Crippen LogP contribution in [0.1, 0.15) is 32.6 Å². The van der Waals surface area contributed by atoms with Crippen LogP contribution in [0.4, 0.5) is 0 Å². The summed E-state index contributed by atoms with van der Waals surface area (Å²) >= 11 is 0. The minimum Gasteiger partial charge on any atom is -0.469 e. The minimum atomic E-state index is -0.0265. The quantitative estimate of drug-likeness (QED) is 0.687. The lowest BCUT2D eigenvalue weighted by molar-refractivity contribution is -0.146. The van der Waals surface area contributed by atoms with E-state index in [4.69, 9.17) is 4.74 Å². The van der Waals surface area contributed by atoms with Crippen LogP contribution >= 0.6 is 0 Å². The number of ether oxygens (including phenoxy) is 1. The van der Waals surface area contributed by atoms with E-state index in [-0.39, 0.29) is 11.9 Å². The largest absolute Gasteiger partial charge is 0.469 e. The van der Waals surface area contributed by atoms with Crippen molar-refractivity contribution in [3.8, 4) is 0 Å². The van der Waals surface area contributed by atoms with Crippen LogP contribution < -0.4 is 0 Å². The molecule has 0 aromatic carbocycles. The summed E-state index contributed by atoms with van der Waals surface area (Å²) in [6.07, 6.45) is 5.56. The van der Waals surface area contributed by atoms with Crippen LogP contribution in [-0.4, -0.2) is 37.6 Å². The minimum absolute atomic E-state index is 0.0265. The highest BCUT2D eigenvalue weighted by atomic mass is 16.5. The van der Waals surface area contributed by atoms with Crippen LogP contribution in [0.3, 0.4) is 0 Å². The van der Waals surface area contributed by atoms with Crippen molar-refractivity contribution >= 4 is 5.97 Å². The van der Waals surface area contributed by atoms with E-state index in [0.29, 0.717) is 5.92 Å². The Balaban J connectivity index is 1.83. The van der Waals surface area contributed by atoms with Crippen LogP contribution in [0.2, 0.25) is 0 Å². The van der Waals surface area contributed by atoms with Crippen molar-refractivity contribution in [2.24, 2.45) is 17.8 Å². The monoisotopic (exact) mass is 225 g/mol. The molecule has 0 spiro atoms. The van der Waals surface area contributed by atoms with Gasteiger partial charge in [0.1, 0.15) is 0 Å². The van der Waals surface area contributed by atoms with Crippen LogP contribution in [0.25, 0.3) is 0 Å². The molecule has 1 aliphatic carbocycles. The summed E-state index contributed by atoms with van der Waals surface area (Å²) in [5.74, 6) is 1.41. The predicted molar refractivity (Wildman–Crippen MR) is 63.1 cm³/mol. The number of esters is 1. The van der Waals surface area contributed by atoms with E-state index in [1.54, 1.807) is 0 Å². The molecule has 2 atom stereocenters. The zero-order valence-electron chi connectivity index (χ0n) is 10.4. The Hall–Kier alpha value is -0.570. The molecule has 1 heterocycles. The van der Waals surface area contributed by atoms with Gasteiger partial charge in [0, 0.05) is 19.6 Å². The molecule has 0 aromatic rings. The molecule has 1 aliphatic heterocycles. The van der Waals surface area contributed by atoms with Crippen LogP contribution in [0.15, 0.2) is 0 Å². The van der Waals surface area contributed by atoms with Crippen molar-refractivity contribution in [1.82, 2.24) is 4.90 Å². The van der Waals surface area contributed by atoms with Gasteiger partial charge in [0.25, 0.3) is 0 Å². The Morgan fingerprint density at radius 1 is 1.31 bits per heavy atom. The van der Waals surface area contributed by atoms with E-state index < -0.39 is 0 Å². The summed E-state index contributed by atoms with van der Waals surface area (Å²) in [5.41, 5.74) is 0. The van der Waals surface area contributed by atoms with Crippen LogP contribution in [-0.2, 0) is 9.53 Å². The van der Waals surface area contributed by atoms with Crippen molar-refractivity contribution < 1.29 is 9.53 Å². The molecule has 92 valence electrons. The third-order valence-corrected chi connectivity index (χ3v) is 4.18. The Labute approximate surface area is 98.1 Å². The average Bonchev–Trinajstić information content (AvgIpc) is 2.88. The topological polar surface area (TPSA) is 29.5 Å². The fraction of sp³-hybridized carbons (Fsp3) is 0.923. The SMILES string of the molecule is COC(=O)C1CN(CC2CCCC2)CC1C. The number of carbonyl (C=O) groups is 1. The van der Waals surface area contributed by atoms with Crippen molar-refractivity contribution in [3.05, 3.63) is 0 Å². The molecule has 3 nitrogen and oxygen atoms in total. The molecule has 1 saturated carbocycles. The number of hydrogen-bond donors (Lipinski definition) is 0. The molecule has 2 unspecified atom stereocenters. The summed E-state index contributed by atoms with van der Waals surface area (Å²) in [5, 5.41) is 0. The highest BCUT2D eigenvalue weighted by Gasteiger charge is 2.36. The van der Waals surface area contributed by atoms with Crippen molar-refractivity contribution in [2.75, 3.05) is 26.7 Å². The Morgan fingerprint density at radius 3 is 2.62 bits per heavy atom. The second kappa shape index (κ2) is 5.17. The lowest BCUT2D eigenvalue weighted by Crippen LogP contribution is -2.28. The third kappa shape index (κ3) is 2.57. The molecular weight excluding hydrogens is 202 g/mol. The van der Waals surface area contributed by atoms with Gasteiger partial charge in [0.15, 0.2) is 0 Å². The number of rotatable bonds is 3. The summed E-state index contributed by atoms with van der Waals surface area (Å²) in [4.78, 5) is 14.0. The average molecular weight is 225 g/mol. The first kappa shape index (κ1) is 11.9. The van der Waals surface area contributed by atoms with Gasteiger partial charge in [-0.3, -0.25) is 4.79 Å². The van der Waals surface area contributed by atoms with Gasteiger partial charge in [-0.15, -0.1) is 0 Å². The van der Waals surface area contributed by atoms with Gasteiger partial charge in [0.2, 0.25) is 0 Å². The highest BCUT2D eigenvalue weighted by molar-refractivity contribution is 5.73. The Bertz CT molecular complexity index is 248. The van der Waals surface area contributed by atoms with Gasteiger partial charge in [-0.25, -0.2) is 0 Å². The fourth-order valence-electron chi connectivity index (χ4n) is 3.23. The van der Waals surface area contributed by atoms with Crippen LogP contribution in [0.5, 0.6) is 0 Å². The maximum Gasteiger partial charge on any atom is 0.310 e. The molecule has 2 rings (SSSR count). The molecule has 0 bridgehead atoms. The van der Waals surface area contributed by atoms with E-state index in [0.717, 1.165) is 19.0 Å². The number of carbonyl (C=O) groups excluding carboxylic acids is 1. The third-order valence-electron chi connectivity index (χ3n) is 4.18. The molecule has 0 radical (unpaired) electrons. The standard InChI is InChI=1S/C13H23NO2/c1-10-7-14(8-11-5-3-4-6-11)9-12(10)13(15)16-2/h10-12H,3-9H2,1-2H3. The highest BCUT2D eigenvalue weighted by Crippen LogP contribution is 2.29. The van der Waals surface area contributed by atoms with Gasteiger partial charge in [0.05, 0.1) is 13.0 Å². The normalized spacial score (nSPS) is 32.1. The summed E-state index contributed by atoms with van der Waals surface area (Å²) in [7, 11) is 1.49. The molecule has 0 aromatic heterocycles. The molecule has 16 heavy (non-hydrogen) atoms. The molecule has 2 aliphatic rings. The maximum atomic E-state index is 11.6. The number of nitrogens with zero attached hydrogens (tertiary/aromatic N) is 1. The van der Waals surface area contributed by atoms with Crippen molar-refractivity contribution in [2.45, 2.75) is 32.6 Å². The van der Waals surface area contributed by atoms with Gasteiger partial charge in [-0.1, -0.05) is 19.8 Å². The Kier molecular flexibility index (Phi) is 3.85. The lowest BCUT2D eigenvalue weighted by atomic mass is 9.99. The first-order valence-corrected chi connectivity index (χ1v) is 6.51. The molecule has 2 fully saturated rings. The zero-order chi connectivity index (χ0) is 11.5. The van der Waals surface area contributed by atoms with Crippen molar-refractivity contribution in [3.63, 3.8) is 0 Å². The number of hydrogen-bond acceptors (Lipinski definition) is 3. The smallest absolute Gasteiger partial charge is 0.310 e. The predicted octanol–water partition coefficient (Wildman–Crippen LogP) is 1.92. The van der Waals surface area contributed by atoms with E-state index in [1.807, 2.05) is 0 Å². The molecule has 3 heteroatoms. The van der Waals surface area contributed by atoms with Gasteiger partial charge in [-0.05, 0) is 24.7 Å². The van der Waals surface area contributed by atoms with E-state index in [2.05, 4.69) is 11.8 Å². The second-order valence-corrected chi connectivity index (χ2v) is 5.48. The zero-order valence-corrected chi connectivity index (χ0v) is 10.4. The van der Waals surface area contributed by atoms with Gasteiger partial charge in [-0.2, -0.15) is 0 Å². The lowest BCUT2D eigenvalue weighted by Gasteiger charge is -2.19. The van der Waals surface area contributed by atoms with E-state index in [9.17, 15) is 4.79 Å². The van der Waals surface area contributed by atoms with Crippen LogP contribution in [0, 0.1) is 17.8 Å². The van der Waals surface area contributed by atoms with Crippen molar-refractivity contribution in [1.29, 1.82) is 0 Å². The van der Waals surface area contributed by atoms with E-state index >= 15 is 0 Å². The first-order valence-electron chi connectivity index (χ1n) is 6.51. The Morgan fingerprint density at radius 2 is 2.00 bits per heavy atom. The molecule has 1 saturated heterocycles. The molecule has 0 N–H and O–H groups in total. The van der Waals surface area contributed by atoms with Gasteiger partial charge < -0.3 is 9.64 Å². The summed E-state index contributed by atoms with van der Waals surface area (Å²) < 4.78 is 4.86. The second-order valence-electron chi connectivity index (χ2n) is 5.48. The number of methoxy groups -OCH3 is 1. The van der Waals surface area contributed by atoms with E-state index in [1.165, 1.54) is 39.3 Å². The molecular formula is C13H23NO2. The molecule has 0 amide bonds. The summed E-state index contributed by atoms with van der Waals surface area (Å²) in [6, 6.07) is 0.